The van der Waals surface area contributed by atoms with Crippen molar-refractivity contribution in [3.05, 3.63) is 76.0 Å². The highest BCUT2D eigenvalue weighted by molar-refractivity contribution is 8.01. The Balaban J connectivity index is 1.38. The minimum atomic E-state index is -0.564. The van der Waals surface area contributed by atoms with Gasteiger partial charge in [-0.2, -0.15) is 5.10 Å². The second-order valence-corrected chi connectivity index (χ2v) is 8.59. The predicted octanol–water partition coefficient (Wildman–Crippen LogP) is 5.11. The van der Waals surface area contributed by atoms with E-state index in [1.165, 1.54) is 53.6 Å². The Morgan fingerprint density at radius 1 is 1.31 bits per heavy atom. The zero-order chi connectivity index (χ0) is 22.5. The third-order valence-corrected chi connectivity index (χ3v) is 6.12. The zero-order valence-electron chi connectivity index (χ0n) is 16.7. The van der Waals surface area contributed by atoms with Gasteiger partial charge in [0.2, 0.25) is 0 Å². The number of ether oxygens (including phenoxy) is 1. The lowest BCUT2D eigenvalue weighted by Gasteiger charge is -2.00. The number of benzene rings is 2. The Kier molecular flexibility index (Phi) is 6.47. The normalized spacial score (nSPS) is 11.2. The summed E-state index contributed by atoms with van der Waals surface area (Å²) >= 11 is 2.92. The second kappa shape index (κ2) is 9.62. The number of rotatable bonds is 8. The highest BCUT2D eigenvalue weighted by Crippen LogP contribution is 2.36. The fourth-order valence-corrected chi connectivity index (χ4v) is 4.71. The van der Waals surface area contributed by atoms with Gasteiger partial charge in [0.05, 0.1) is 28.0 Å². The van der Waals surface area contributed by atoms with Gasteiger partial charge in [-0.1, -0.05) is 6.07 Å². The van der Waals surface area contributed by atoms with Crippen LogP contribution in [0.1, 0.15) is 23.0 Å². The molecular formula is C21H16N4O5S2. The topological polar surface area (TPSA) is 120 Å². The second-order valence-electron chi connectivity index (χ2n) is 6.31. The molecule has 32 heavy (non-hydrogen) atoms. The Bertz CT molecular complexity index is 1310. The Hall–Kier alpha value is -3.70. The number of nitrogens with zero attached hydrogens (tertiary/aromatic N) is 3. The van der Waals surface area contributed by atoms with Gasteiger partial charge in [0.25, 0.3) is 11.6 Å². The molecule has 4 rings (SSSR count). The van der Waals surface area contributed by atoms with Crippen LogP contribution in [0.25, 0.3) is 10.2 Å². The predicted molar refractivity (Wildman–Crippen MR) is 122 cm³/mol. The number of hydrogen-bond donors (Lipinski definition) is 1. The summed E-state index contributed by atoms with van der Waals surface area (Å²) in [6.45, 7) is 2.55. The monoisotopic (exact) mass is 468 g/mol. The van der Waals surface area contributed by atoms with Crippen molar-refractivity contribution in [3.8, 4) is 5.75 Å². The average Bonchev–Trinajstić information content (AvgIpc) is 3.40. The minimum Gasteiger partial charge on any atom is -0.494 e. The molecule has 1 N–H and O–H groups in total. The van der Waals surface area contributed by atoms with Gasteiger partial charge in [0, 0.05) is 17.7 Å². The molecule has 0 aliphatic carbocycles. The molecule has 162 valence electrons. The molecule has 0 aliphatic rings. The van der Waals surface area contributed by atoms with E-state index in [4.69, 9.17) is 9.15 Å². The Morgan fingerprint density at radius 2 is 2.19 bits per heavy atom. The molecule has 11 heteroatoms. The summed E-state index contributed by atoms with van der Waals surface area (Å²) in [6.07, 6.45) is 1.35. The number of carbonyl (C=O) groups is 1. The number of furan rings is 1. The first-order valence-corrected chi connectivity index (χ1v) is 11.0. The first kappa shape index (κ1) is 21.5. The van der Waals surface area contributed by atoms with E-state index in [2.05, 4.69) is 15.5 Å². The SMILES string of the molecule is CCOc1ccc2nc(Sc3ccc(C=NNC(=O)c4cccc([N+](=O)[O-])c4)o3)sc2c1. The number of non-ortho nitro benzene ring substituents is 1. The zero-order valence-corrected chi connectivity index (χ0v) is 18.3. The van der Waals surface area contributed by atoms with Crippen LogP contribution in [0.2, 0.25) is 0 Å². The molecule has 2 aromatic carbocycles. The van der Waals surface area contributed by atoms with Gasteiger partial charge < -0.3 is 9.15 Å². The fraction of sp³-hybridized carbons (Fsp3) is 0.0952. The van der Waals surface area contributed by atoms with E-state index in [0.717, 1.165) is 20.3 Å². The number of fused-ring (bicyclic) bond motifs is 1. The van der Waals surface area contributed by atoms with E-state index >= 15 is 0 Å². The average molecular weight is 469 g/mol. The number of nitro groups is 1. The van der Waals surface area contributed by atoms with E-state index in [1.807, 2.05) is 25.1 Å². The van der Waals surface area contributed by atoms with Crippen LogP contribution in [0.4, 0.5) is 5.69 Å². The molecule has 0 aliphatic heterocycles. The number of hydrogen-bond acceptors (Lipinski definition) is 9. The van der Waals surface area contributed by atoms with Gasteiger partial charge in [0.15, 0.2) is 9.43 Å². The van der Waals surface area contributed by atoms with Crippen molar-refractivity contribution in [1.29, 1.82) is 0 Å². The number of hydrazone groups is 1. The molecule has 2 aromatic heterocycles. The van der Waals surface area contributed by atoms with Gasteiger partial charge in [-0.05, 0) is 55.1 Å². The smallest absolute Gasteiger partial charge is 0.271 e. The van der Waals surface area contributed by atoms with Gasteiger partial charge in [-0.15, -0.1) is 11.3 Å². The Labute approximate surface area is 190 Å². The summed E-state index contributed by atoms with van der Waals surface area (Å²) < 4.78 is 13.1. The standard InChI is InChI=1S/C21H16N4O5S2/c1-2-29-15-6-8-17-18(11-15)31-21(23-17)32-19-9-7-16(30-19)12-22-24-20(26)13-4-3-5-14(10-13)25(27)28/h3-12H,2H2,1H3,(H,24,26). The van der Waals surface area contributed by atoms with E-state index in [1.54, 1.807) is 12.1 Å². The lowest BCUT2D eigenvalue weighted by Crippen LogP contribution is -2.17. The lowest BCUT2D eigenvalue weighted by atomic mass is 10.2. The first-order chi connectivity index (χ1) is 15.5. The quantitative estimate of drug-likeness (QED) is 0.217. The molecule has 0 radical (unpaired) electrons. The summed E-state index contributed by atoms with van der Waals surface area (Å²) in [5, 5.41) is 15.3. The van der Waals surface area contributed by atoms with Crippen LogP contribution in [0.3, 0.4) is 0 Å². The number of nitrogens with one attached hydrogen (secondary N) is 1. The number of thiazole rings is 1. The van der Waals surface area contributed by atoms with Crippen LogP contribution in [0.15, 0.2) is 73.5 Å². The van der Waals surface area contributed by atoms with Gasteiger partial charge >= 0.3 is 0 Å². The van der Waals surface area contributed by atoms with Crippen LogP contribution < -0.4 is 10.2 Å². The summed E-state index contributed by atoms with van der Waals surface area (Å²) in [5.41, 5.74) is 3.18. The molecule has 0 atom stereocenters. The third-order valence-electron chi connectivity index (χ3n) is 4.12. The van der Waals surface area contributed by atoms with Crippen molar-refractivity contribution < 1.29 is 18.9 Å². The molecule has 0 bridgehead atoms. The van der Waals surface area contributed by atoms with Crippen molar-refractivity contribution >= 4 is 51.1 Å². The third kappa shape index (κ3) is 5.13. The highest BCUT2D eigenvalue weighted by atomic mass is 32.2. The fourth-order valence-electron chi connectivity index (χ4n) is 2.71. The summed E-state index contributed by atoms with van der Waals surface area (Å²) in [6, 6.07) is 14.7. The molecule has 2 heterocycles. The molecule has 4 aromatic rings. The maximum absolute atomic E-state index is 12.1. The van der Waals surface area contributed by atoms with E-state index in [-0.39, 0.29) is 11.3 Å². The van der Waals surface area contributed by atoms with Crippen molar-refractivity contribution in [3.63, 3.8) is 0 Å². The van der Waals surface area contributed by atoms with Crippen molar-refractivity contribution in [2.24, 2.45) is 5.10 Å². The summed E-state index contributed by atoms with van der Waals surface area (Å²) in [4.78, 5) is 26.9. The summed E-state index contributed by atoms with van der Waals surface area (Å²) in [5.74, 6) is 0.683. The van der Waals surface area contributed by atoms with Crippen LogP contribution >= 0.6 is 23.1 Å². The molecule has 1 amide bonds. The molecule has 0 saturated carbocycles. The van der Waals surface area contributed by atoms with E-state index in [9.17, 15) is 14.9 Å². The van der Waals surface area contributed by atoms with Crippen molar-refractivity contribution in [2.75, 3.05) is 6.61 Å². The van der Waals surface area contributed by atoms with Gasteiger partial charge in [-0.25, -0.2) is 10.4 Å². The van der Waals surface area contributed by atoms with Crippen LogP contribution in [-0.4, -0.2) is 28.6 Å². The first-order valence-electron chi connectivity index (χ1n) is 9.41. The van der Waals surface area contributed by atoms with Crippen molar-refractivity contribution in [2.45, 2.75) is 16.4 Å². The van der Waals surface area contributed by atoms with E-state index in [0.29, 0.717) is 17.5 Å². The van der Waals surface area contributed by atoms with Crippen LogP contribution in [-0.2, 0) is 0 Å². The van der Waals surface area contributed by atoms with Crippen molar-refractivity contribution in [1.82, 2.24) is 10.4 Å². The molecule has 0 fully saturated rings. The number of nitro benzene ring substituents is 1. The number of aromatic nitrogens is 1. The molecule has 0 unspecified atom stereocenters. The maximum atomic E-state index is 12.1. The lowest BCUT2D eigenvalue weighted by molar-refractivity contribution is -0.384. The number of amides is 1. The maximum Gasteiger partial charge on any atom is 0.271 e. The van der Waals surface area contributed by atoms with E-state index < -0.39 is 10.8 Å². The summed E-state index contributed by atoms with van der Waals surface area (Å²) in [7, 11) is 0. The molecule has 9 nitrogen and oxygen atoms in total. The molecule has 0 saturated heterocycles. The Morgan fingerprint density at radius 3 is 3.00 bits per heavy atom. The van der Waals surface area contributed by atoms with Gasteiger partial charge in [0.1, 0.15) is 11.5 Å². The number of carbonyl (C=O) groups excluding carboxylic acids is 1. The van der Waals surface area contributed by atoms with Crippen LogP contribution in [0, 0.1) is 10.1 Å². The molecular weight excluding hydrogens is 452 g/mol. The molecule has 0 spiro atoms. The van der Waals surface area contributed by atoms with Gasteiger partial charge in [-0.3, -0.25) is 14.9 Å². The highest BCUT2D eigenvalue weighted by Gasteiger charge is 2.12. The minimum absolute atomic E-state index is 0.135. The van der Waals surface area contributed by atoms with Crippen LogP contribution in [0.5, 0.6) is 5.75 Å². The largest absolute Gasteiger partial charge is 0.494 e.